The van der Waals surface area contributed by atoms with E-state index in [-0.39, 0.29) is 36.2 Å². The molecule has 0 saturated heterocycles. The molecule has 2 saturated carbocycles. The maximum absolute atomic E-state index is 13.1. The molecule has 2 aliphatic rings. The van der Waals surface area contributed by atoms with Gasteiger partial charge in [0.25, 0.3) is 5.91 Å². The van der Waals surface area contributed by atoms with Crippen molar-refractivity contribution in [2.45, 2.75) is 51.1 Å². The average Bonchev–Trinajstić information content (AvgIpc) is 2.98. The van der Waals surface area contributed by atoms with E-state index in [0.29, 0.717) is 17.4 Å². The lowest BCUT2D eigenvalue weighted by molar-refractivity contribution is 0.0755. The number of amides is 1. The van der Waals surface area contributed by atoms with Crippen LogP contribution in [0.4, 0.5) is 4.39 Å². The average molecular weight is 393 g/mol. The van der Waals surface area contributed by atoms with Crippen LogP contribution >= 0.6 is 12.4 Å². The summed E-state index contributed by atoms with van der Waals surface area (Å²) in [5, 5.41) is 7.59. The van der Waals surface area contributed by atoms with Crippen LogP contribution in [-0.4, -0.2) is 27.8 Å². The van der Waals surface area contributed by atoms with Gasteiger partial charge in [-0.15, -0.1) is 12.4 Å². The molecule has 3 N–H and O–H groups in total. The number of hydrogen-bond acceptors (Lipinski definition) is 3. The molecule has 2 aliphatic carbocycles. The van der Waals surface area contributed by atoms with Crippen LogP contribution in [0.15, 0.2) is 30.5 Å². The molecule has 2 atom stereocenters. The van der Waals surface area contributed by atoms with E-state index in [1.165, 1.54) is 18.6 Å². The Morgan fingerprint density at radius 2 is 1.85 bits per heavy atom. The number of carbonyl (C=O) groups excluding carboxylic acids is 1. The lowest BCUT2D eigenvalue weighted by Crippen LogP contribution is -2.53. The quantitative estimate of drug-likeness (QED) is 0.841. The highest BCUT2D eigenvalue weighted by molar-refractivity contribution is 5.95. The number of nitrogens with zero attached hydrogens (tertiary/aromatic N) is 2. The van der Waals surface area contributed by atoms with Gasteiger partial charge in [0.15, 0.2) is 0 Å². The fourth-order valence-electron chi connectivity index (χ4n) is 4.73. The molecule has 1 amide bonds. The second kappa shape index (κ2) is 7.98. The van der Waals surface area contributed by atoms with Crippen LogP contribution in [0.3, 0.4) is 0 Å². The Balaban J connectivity index is 0.00000210. The molecule has 2 unspecified atom stereocenters. The van der Waals surface area contributed by atoms with Crippen LogP contribution in [0.25, 0.3) is 5.69 Å². The van der Waals surface area contributed by atoms with E-state index in [1.807, 2.05) is 6.92 Å². The summed E-state index contributed by atoms with van der Waals surface area (Å²) in [4.78, 5) is 12.9. The highest BCUT2D eigenvalue weighted by atomic mass is 35.5. The van der Waals surface area contributed by atoms with Crippen molar-refractivity contribution in [1.29, 1.82) is 0 Å². The van der Waals surface area contributed by atoms with Crippen molar-refractivity contribution in [3.8, 4) is 5.69 Å². The van der Waals surface area contributed by atoms with Gasteiger partial charge in [-0.1, -0.05) is 6.42 Å². The molecule has 146 valence electrons. The monoisotopic (exact) mass is 392 g/mol. The van der Waals surface area contributed by atoms with Crippen LogP contribution in [0.5, 0.6) is 0 Å². The number of halogens is 2. The standard InChI is InChI=1S/C20H25FN4O.ClH/c1-12-18(11-23-25(12)17-7-5-15(21)6-8-17)20(26)24-19-13-3-2-4-14(19)10-16(22)9-13;/h5-8,11,13-14,16,19H,2-4,9-10,22H2,1H3,(H,24,26);1H. The summed E-state index contributed by atoms with van der Waals surface area (Å²) in [5.41, 5.74) is 8.25. The first-order valence-corrected chi connectivity index (χ1v) is 9.40. The van der Waals surface area contributed by atoms with Gasteiger partial charge in [0.05, 0.1) is 23.1 Å². The Bertz CT molecular complexity index is 793. The Labute approximate surface area is 164 Å². The molecule has 1 aromatic carbocycles. The first kappa shape index (κ1) is 19.8. The second-order valence-electron chi connectivity index (χ2n) is 7.71. The summed E-state index contributed by atoms with van der Waals surface area (Å²) in [6, 6.07) is 6.57. The van der Waals surface area contributed by atoms with Crippen molar-refractivity contribution in [2.24, 2.45) is 17.6 Å². The van der Waals surface area contributed by atoms with E-state index in [9.17, 15) is 9.18 Å². The van der Waals surface area contributed by atoms with Gasteiger partial charge in [0.1, 0.15) is 5.82 Å². The number of carbonyl (C=O) groups is 1. The van der Waals surface area contributed by atoms with E-state index in [1.54, 1.807) is 23.0 Å². The van der Waals surface area contributed by atoms with Crippen molar-refractivity contribution in [1.82, 2.24) is 15.1 Å². The highest BCUT2D eigenvalue weighted by Gasteiger charge is 2.40. The molecule has 5 nitrogen and oxygen atoms in total. The summed E-state index contributed by atoms with van der Waals surface area (Å²) in [7, 11) is 0. The maximum atomic E-state index is 13.1. The summed E-state index contributed by atoms with van der Waals surface area (Å²) in [5.74, 6) is 0.592. The van der Waals surface area contributed by atoms with Gasteiger partial charge in [-0.3, -0.25) is 4.79 Å². The SMILES string of the molecule is Cc1c(C(=O)NC2C3CCCC2CC(N)C3)cnn1-c1ccc(F)cc1.Cl. The van der Waals surface area contributed by atoms with E-state index in [2.05, 4.69) is 10.4 Å². The van der Waals surface area contributed by atoms with E-state index >= 15 is 0 Å². The second-order valence-corrected chi connectivity index (χ2v) is 7.71. The van der Waals surface area contributed by atoms with Gasteiger partial charge < -0.3 is 11.1 Å². The van der Waals surface area contributed by atoms with Crippen LogP contribution in [-0.2, 0) is 0 Å². The predicted molar refractivity (Wildman–Crippen MR) is 105 cm³/mol. The number of nitrogens with two attached hydrogens (primary N) is 1. The fraction of sp³-hybridized carbons (Fsp3) is 0.500. The number of hydrogen-bond donors (Lipinski definition) is 2. The first-order chi connectivity index (χ1) is 12.5. The van der Waals surface area contributed by atoms with E-state index < -0.39 is 0 Å². The molecular weight excluding hydrogens is 367 g/mol. The number of rotatable bonds is 3. The zero-order valence-electron chi connectivity index (χ0n) is 15.4. The Morgan fingerprint density at radius 1 is 1.22 bits per heavy atom. The molecule has 2 bridgehead atoms. The van der Waals surface area contributed by atoms with Gasteiger partial charge >= 0.3 is 0 Å². The van der Waals surface area contributed by atoms with Crippen molar-refractivity contribution in [3.63, 3.8) is 0 Å². The van der Waals surface area contributed by atoms with E-state index in [4.69, 9.17) is 5.73 Å². The Kier molecular flexibility index (Phi) is 5.86. The third kappa shape index (κ3) is 3.87. The van der Waals surface area contributed by atoms with Crippen molar-refractivity contribution in [2.75, 3.05) is 0 Å². The molecule has 7 heteroatoms. The molecule has 0 spiro atoms. The van der Waals surface area contributed by atoms with Crippen LogP contribution in [0, 0.1) is 24.6 Å². The van der Waals surface area contributed by atoms with Gasteiger partial charge in [-0.2, -0.15) is 5.10 Å². The molecule has 2 fully saturated rings. The minimum Gasteiger partial charge on any atom is -0.349 e. The van der Waals surface area contributed by atoms with Crippen LogP contribution < -0.4 is 11.1 Å². The number of fused-ring (bicyclic) bond motifs is 2. The van der Waals surface area contributed by atoms with Crippen LogP contribution in [0.1, 0.15) is 48.2 Å². The van der Waals surface area contributed by atoms with Crippen molar-refractivity contribution in [3.05, 3.63) is 47.5 Å². The molecule has 2 aromatic rings. The van der Waals surface area contributed by atoms with Crippen molar-refractivity contribution < 1.29 is 9.18 Å². The minimum absolute atomic E-state index is 0. The van der Waals surface area contributed by atoms with Crippen LogP contribution in [0.2, 0.25) is 0 Å². The third-order valence-corrected chi connectivity index (χ3v) is 6.00. The fourth-order valence-corrected chi connectivity index (χ4v) is 4.73. The van der Waals surface area contributed by atoms with Gasteiger partial charge in [0, 0.05) is 12.1 Å². The topological polar surface area (TPSA) is 72.9 Å². The lowest BCUT2D eigenvalue weighted by atomic mass is 9.67. The summed E-state index contributed by atoms with van der Waals surface area (Å²) < 4.78 is 14.8. The van der Waals surface area contributed by atoms with Crippen molar-refractivity contribution >= 4 is 18.3 Å². The molecule has 27 heavy (non-hydrogen) atoms. The molecule has 1 aromatic heterocycles. The minimum atomic E-state index is -0.293. The first-order valence-electron chi connectivity index (χ1n) is 9.40. The highest BCUT2D eigenvalue weighted by Crippen LogP contribution is 2.39. The Hall–Kier alpha value is -1.92. The smallest absolute Gasteiger partial charge is 0.254 e. The largest absolute Gasteiger partial charge is 0.349 e. The lowest BCUT2D eigenvalue weighted by Gasteiger charge is -2.45. The number of benzene rings is 1. The number of nitrogens with one attached hydrogen (secondary N) is 1. The summed E-state index contributed by atoms with van der Waals surface area (Å²) >= 11 is 0. The summed E-state index contributed by atoms with van der Waals surface area (Å²) in [6.45, 7) is 1.86. The van der Waals surface area contributed by atoms with Gasteiger partial charge in [-0.05, 0) is 68.7 Å². The normalized spacial score (nSPS) is 26.9. The van der Waals surface area contributed by atoms with Gasteiger partial charge in [0.2, 0.25) is 0 Å². The number of aromatic nitrogens is 2. The molecule has 4 rings (SSSR count). The predicted octanol–water partition coefficient (Wildman–Crippen LogP) is 3.38. The maximum Gasteiger partial charge on any atom is 0.254 e. The third-order valence-electron chi connectivity index (χ3n) is 6.00. The molecule has 1 heterocycles. The summed E-state index contributed by atoms with van der Waals surface area (Å²) in [6.07, 6.45) is 7.10. The molecular formula is C20H26ClFN4O. The Morgan fingerprint density at radius 3 is 2.48 bits per heavy atom. The van der Waals surface area contributed by atoms with E-state index in [0.717, 1.165) is 37.1 Å². The zero-order valence-corrected chi connectivity index (χ0v) is 16.2. The van der Waals surface area contributed by atoms with Gasteiger partial charge in [-0.25, -0.2) is 9.07 Å². The molecule has 0 radical (unpaired) electrons. The molecule has 0 aliphatic heterocycles. The zero-order chi connectivity index (χ0) is 18.3.